The quantitative estimate of drug-likeness (QED) is 0.405. The first-order valence-corrected chi connectivity index (χ1v) is 10.2. The molecule has 1 aliphatic rings. The molecular formula is C23H29ClN2O. The number of piperidine rings is 1. The lowest BCUT2D eigenvalue weighted by molar-refractivity contribution is 0.266. The van der Waals surface area contributed by atoms with Crippen molar-refractivity contribution in [2.75, 3.05) is 6.54 Å². The Kier molecular flexibility index (Phi) is 6.43. The maximum atomic E-state index is 6.49. The summed E-state index contributed by atoms with van der Waals surface area (Å²) in [5, 5.41) is 0.608. The summed E-state index contributed by atoms with van der Waals surface area (Å²) < 4.78 is 6.10. The fourth-order valence-corrected chi connectivity index (χ4v) is 3.55. The minimum Gasteiger partial charge on any atom is -0.457 e. The van der Waals surface area contributed by atoms with E-state index in [2.05, 4.69) is 42.8 Å². The van der Waals surface area contributed by atoms with Gasteiger partial charge < -0.3 is 9.64 Å². The normalized spacial score (nSPS) is 17.7. The Hall–Kier alpha value is -2.00. The molecule has 3 rings (SSSR count). The van der Waals surface area contributed by atoms with Gasteiger partial charge in [0.1, 0.15) is 11.5 Å². The van der Waals surface area contributed by atoms with Crippen LogP contribution in [0.2, 0.25) is 5.02 Å². The van der Waals surface area contributed by atoms with Crippen LogP contribution in [0.1, 0.15) is 57.1 Å². The molecule has 0 aromatic heterocycles. The molecule has 0 aliphatic carbocycles. The number of benzene rings is 2. The molecule has 1 atom stereocenters. The molecular weight excluding hydrogens is 356 g/mol. The molecule has 0 radical (unpaired) electrons. The highest BCUT2D eigenvalue weighted by atomic mass is 35.5. The lowest BCUT2D eigenvalue weighted by Gasteiger charge is -2.31. The maximum Gasteiger partial charge on any atom is 0.131 e. The van der Waals surface area contributed by atoms with Crippen LogP contribution in [0.4, 0.5) is 5.69 Å². The number of aryl methyl sites for hydroxylation is 1. The Morgan fingerprint density at radius 2 is 2.04 bits per heavy atom. The van der Waals surface area contributed by atoms with Gasteiger partial charge in [-0.25, -0.2) is 4.99 Å². The molecule has 144 valence electrons. The molecule has 1 fully saturated rings. The van der Waals surface area contributed by atoms with Crippen LogP contribution in [-0.4, -0.2) is 23.8 Å². The van der Waals surface area contributed by atoms with Crippen LogP contribution >= 0.6 is 11.6 Å². The van der Waals surface area contributed by atoms with E-state index < -0.39 is 0 Å². The predicted molar refractivity (Wildman–Crippen MR) is 115 cm³/mol. The van der Waals surface area contributed by atoms with Crippen molar-refractivity contribution in [1.82, 2.24) is 4.90 Å². The van der Waals surface area contributed by atoms with E-state index in [1.54, 1.807) is 0 Å². The fraction of sp³-hybridized carbons (Fsp3) is 0.435. The van der Waals surface area contributed by atoms with E-state index in [0.717, 1.165) is 29.3 Å². The third kappa shape index (κ3) is 5.04. The number of ether oxygens (including phenoxy) is 1. The summed E-state index contributed by atoms with van der Waals surface area (Å²) in [5.74, 6) is 2.07. The first kappa shape index (κ1) is 19.8. The Labute approximate surface area is 168 Å². The molecule has 3 nitrogen and oxygen atoms in total. The number of likely N-dealkylation sites (tertiary alicyclic amines) is 1. The van der Waals surface area contributed by atoms with Crippen molar-refractivity contribution in [3.8, 4) is 11.5 Å². The van der Waals surface area contributed by atoms with E-state index in [0.29, 0.717) is 17.0 Å². The lowest BCUT2D eigenvalue weighted by Crippen LogP contribution is -2.36. The molecule has 2 aromatic carbocycles. The molecule has 1 saturated heterocycles. The van der Waals surface area contributed by atoms with E-state index in [1.165, 1.54) is 24.8 Å². The minimum atomic E-state index is 0.465. The van der Waals surface area contributed by atoms with Crippen molar-refractivity contribution < 1.29 is 4.74 Å². The van der Waals surface area contributed by atoms with Gasteiger partial charge >= 0.3 is 0 Å². The highest BCUT2D eigenvalue weighted by Gasteiger charge is 2.15. The Morgan fingerprint density at radius 1 is 1.22 bits per heavy atom. The summed E-state index contributed by atoms with van der Waals surface area (Å²) in [7, 11) is 0. The van der Waals surface area contributed by atoms with E-state index >= 15 is 0 Å². The highest BCUT2D eigenvalue weighted by molar-refractivity contribution is 6.33. The second kappa shape index (κ2) is 8.79. The molecule has 0 N–H and O–H groups in total. The van der Waals surface area contributed by atoms with E-state index in [1.807, 2.05) is 37.5 Å². The van der Waals surface area contributed by atoms with Crippen LogP contribution < -0.4 is 4.74 Å². The van der Waals surface area contributed by atoms with Crippen molar-refractivity contribution in [3.63, 3.8) is 0 Å². The lowest BCUT2D eigenvalue weighted by atomic mass is 10.0. The molecule has 0 amide bonds. The monoisotopic (exact) mass is 384 g/mol. The molecule has 1 unspecified atom stereocenters. The van der Waals surface area contributed by atoms with Crippen LogP contribution in [-0.2, 0) is 0 Å². The van der Waals surface area contributed by atoms with Gasteiger partial charge in [0, 0.05) is 18.7 Å². The number of rotatable bonds is 5. The minimum absolute atomic E-state index is 0.465. The zero-order valence-corrected chi connectivity index (χ0v) is 17.5. The van der Waals surface area contributed by atoms with Crippen molar-refractivity contribution >= 4 is 23.6 Å². The summed E-state index contributed by atoms with van der Waals surface area (Å²) in [5.41, 5.74) is 3.07. The molecule has 0 spiro atoms. The first-order chi connectivity index (χ1) is 12.9. The largest absolute Gasteiger partial charge is 0.457 e. The Bertz CT molecular complexity index is 816. The van der Waals surface area contributed by atoms with Gasteiger partial charge in [0.25, 0.3) is 0 Å². The van der Waals surface area contributed by atoms with Gasteiger partial charge in [0.15, 0.2) is 0 Å². The van der Waals surface area contributed by atoms with Crippen LogP contribution in [0.25, 0.3) is 0 Å². The molecule has 27 heavy (non-hydrogen) atoms. The van der Waals surface area contributed by atoms with E-state index in [9.17, 15) is 0 Å². The summed E-state index contributed by atoms with van der Waals surface area (Å²) in [6.45, 7) is 9.70. The zero-order chi connectivity index (χ0) is 19.4. The molecule has 4 heteroatoms. The van der Waals surface area contributed by atoms with Crippen LogP contribution in [0, 0.1) is 6.92 Å². The van der Waals surface area contributed by atoms with Gasteiger partial charge in [-0.2, -0.15) is 0 Å². The van der Waals surface area contributed by atoms with Gasteiger partial charge in [-0.1, -0.05) is 37.6 Å². The molecule has 1 heterocycles. The van der Waals surface area contributed by atoms with Crippen LogP contribution in [0.15, 0.2) is 41.4 Å². The van der Waals surface area contributed by atoms with Crippen molar-refractivity contribution in [2.24, 2.45) is 4.99 Å². The van der Waals surface area contributed by atoms with Crippen molar-refractivity contribution in [3.05, 3.63) is 52.5 Å². The summed E-state index contributed by atoms with van der Waals surface area (Å²) in [4.78, 5) is 6.94. The second-order valence-electron chi connectivity index (χ2n) is 7.73. The number of hydrogen-bond acceptors (Lipinski definition) is 2. The maximum absolute atomic E-state index is 6.49. The Balaban J connectivity index is 1.77. The van der Waals surface area contributed by atoms with E-state index in [4.69, 9.17) is 16.3 Å². The third-order valence-corrected chi connectivity index (χ3v) is 5.50. The standard InChI is InChI=1S/C23H29ClN2O/c1-16(2)19-9-7-10-20(13-19)27-23-14-21(24)22(12-17(23)3)25-15-26-11-6-5-8-18(26)4/h7,9-10,12-16,18H,5-6,8,11H2,1-4H3/b25-15+. The summed E-state index contributed by atoms with van der Waals surface area (Å²) in [6, 6.07) is 12.6. The molecule has 0 saturated carbocycles. The third-order valence-electron chi connectivity index (χ3n) is 5.20. The number of nitrogens with zero attached hydrogens (tertiary/aromatic N) is 2. The van der Waals surface area contributed by atoms with Crippen molar-refractivity contribution in [2.45, 2.75) is 58.9 Å². The first-order valence-electron chi connectivity index (χ1n) is 9.82. The van der Waals surface area contributed by atoms with Gasteiger partial charge in [0.05, 0.1) is 17.0 Å². The van der Waals surface area contributed by atoms with E-state index in [-0.39, 0.29) is 0 Å². The Morgan fingerprint density at radius 3 is 2.78 bits per heavy atom. The molecule has 0 bridgehead atoms. The second-order valence-corrected chi connectivity index (χ2v) is 8.13. The number of hydrogen-bond donors (Lipinski definition) is 0. The average Bonchev–Trinajstić information content (AvgIpc) is 2.64. The predicted octanol–water partition coefficient (Wildman–Crippen LogP) is 7.10. The van der Waals surface area contributed by atoms with Crippen LogP contribution in [0.5, 0.6) is 11.5 Å². The number of aliphatic imine (C=N–C) groups is 1. The van der Waals surface area contributed by atoms with Gasteiger partial charge in [-0.3, -0.25) is 0 Å². The van der Waals surface area contributed by atoms with Gasteiger partial charge in [0.2, 0.25) is 0 Å². The number of halogens is 1. The SMILES string of the molecule is Cc1cc(/N=C/N2CCCCC2C)c(Cl)cc1Oc1cccc(C(C)C)c1. The smallest absolute Gasteiger partial charge is 0.131 e. The topological polar surface area (TPSA) is 24.8 Å². The zero-order valence-electron chi connectivity index (χ0n) is 16.7. The fourth-order valence-electron chi connectivity index (χ4n) is 3.35. The van der Waals surface area contributed by atoms with Gasteiger partial charge in [-0.05, 0) is 68.4 Å². The summed E-state index contributed by atoms with van der Waals surface area (Å²) >= 11 is 6.49. The molecule has 2 aromatic rings. The molecule has 1 aliphatic heterocycles. The van der Waals surface area contributed by atoms with Crippen molar-refractivity contribution in [1.29, 1.82) is 0 Å². The van der Waals surface area contributed by atoms with Crippen LogP contribution in [0.3, 0.4) is 0 Å². The van der Waals surface area contributed by atoms with Gasteiger partial charge in [-0.15, -0.1) is 0 Å². The highest BCUT2D eigenvalue weighted by Crippen LogP contribution is 2.35. The average molecular weight is 385 g/mol. The summed E-state index contributed by atoms with van der Waals surface area (Å²) in [6.07, 6.45) is 5.69.